The fourth-order valence-electron chi connectivity index (χ4n) is 2.46. The summed E-state index contributed by atoms with van der Waals surface area (Å²) in [5, 5.41) is 2.60. The van der Waals surface area contributed by atoms with Crippen molar-refractivity contribution in [3.8, 4) is 0 Å². The first-order chi connectivity index (χ1) is 11.9. The predicted octanol–water partition coefficient (Wildman–Crippen LogP) is 3.71. The molecule has 2 rings (SSSR count). The van der Waals surface area contributed by atoms with Crippen molar-refractivity contribution in [1.82, 2.24) is 0 Å². The monoisotopic (exact) mass is 397 g/mol. The fraction of sp³-hybridized carbons (Fsp3) is 0.278. The van der Waals surface area contributed by atoms with E-state index in [0.29, 0.717) is 11.4 Å². The van der Waals surface area contributed by atoms with Crippen LogP contribution in [0, 0.1) is 0 Å². The van der Waals surface area contributed by atoms with E-state index >= 15 is 0 Å². The van der Waals surface area contributed by atoms with E-state index in [4.69, 9.17) is 0 Å². The Kier molecular flexibility index (Phi) is 7.92. The number of rotatable bonds is 7. The molecule has 0 bridgehead atoms. The zero-order valence-corrected chi connectivity index (χ0v) is 16.7. The third-order valence-electron chi connectivity index (χ3n) is 3.73. The van der Waals surface area contributed by atoms with Gasteiger partial charge in [-0.25, -0.2) is 8.42 Å². The number of carbonyl (C=O) groups excluding carboxylic acids is 1. The summed E-state index contributed by atoms with van der Waals surface area (Å²) >= 11 is 0. The van der Waals surface area contributed by atoms with Gasteiger partial charge in [-0.15, -0.1) is 12.4 Å². The summed E-state index contributed by atoms with van der Waals surface area (Å²) in [5.41, 5.74) is 2.10. The molecule has 0 heterocycles. The van der Waals surface area contributed by atoms with Gasteiger partial charge in [0.15, 0.2) is 0 Å². The summed E-state index contributed by atoms with van der Waals surface area (Å²) in [6.07, 6.45) is 0. The molecule has 6 nitrogen and oxygen atoms in total. The summed E-state index contributed by atoms with van der Waals surface area (Å²) in [5.74, 6) is -0.206. The molecule has 0 aliphatic rings. The normalized spacial score (nSPS) is 10.6. The Balaban J connectivity index is 0.00000338. The number of amides is 1. The number of nitrogens with zero attached hydrogens (tertiary/aromatic N) is 1. The van der Waals surface area contributed by atoms with Crippen LogP contribution in [-0.2, 0) is 14.8 Å². The van der Waals surface area contributed by atoms with Crippen molar-refractivity contribution >= 4 is 45.4 Å². The smallest absolute Gasteiger partial charge is 0.261 e. The van der Waals surface area contributed by atoms with Gasteiger partial charge >= 0.3 is 0 Å². The van der Waals surface area contributed by atoms with Crippen LogP contribution in [0.5, 0.6) is 0 Å². The van der Waals surface area contributed by atoms with Crippen molar-refractivity contribution < 1.29 is 13.2 Å². The van der Waals surface area contributed by atoms with E-state index < -0.39 is 10.0 Å². The largest absolute Gasteiger partial charge is 0.372 e. The molecular formula is C18H24ClN3O3S. The first kappa shape index (κ1) is 21.8. The Morgan fingerprint density at radius 2 is 1.42 bits per heavy atom. The Morgan fingerprint density at radius 3 is 1.88 bits per heavy atom. The average Bonchev–Trinajstić information content (AvgIpc) is 2.57. The van der Waals surface area contributed by atoms with Crippen LogP contribution in [0.2, 0.25) is 0 Å². The van der Waals surface area contributed by atoms with Crippen LogP contribution in [0.4, 0.5) is 17.1 Å². The number of nitrogens with one attached hydrogen (secondary N) is 2. The van der Waals surface area contributed by atoms with E-state index in [-0.39, 0.29) is 23.2 Å². The molecule has 0 fully saturated rings. The molecule has 0 aromatic heterocycles. The molecule has 0 spiro atoms. The molecule has 2 aromatic rings. The van der Waals surface area contributed by atoms with Crippen molar-refractivity contribution in [3.63, 3.8) is 0 Å². The summed E-state index contributed by atoms with van der Waals surface area (Å²) in [6.45, 7) is 7.33. The average molecular weight is 398 g/mol. The molecule has 0 radical (unpaired) electrons. The van der Waals surface area contributed by atoms with Gasteiger partial charge in [-0.05, 0) is 62.4 Å². The van der Waals surface area contributed by atoms with Crippen LogP contribution in [0.15, 0.2) is 53.4 Å². The van der Waals surface area contributed by atoms with E-state index in [2.05, 4.69) is 28.8 Å². The molecule has 0 saturated carbocycles. The number of benzene rings is 2. The minimum Gasteiger partial charge on any atom is -0.372 e. The minimum absolute atomic E-state index is 0. The Morgan fingerprint density at radius 1 is 0.923 bits per heavy atom. The highest BCUT2D eigenvalue weighted by atomic mass is 35.5. The Bertz CT molecular complexity index is 818. The lowest BCUT2D eigenvalue weighted by molar-refractivity contribution is -0.114. The standard InChI is InChI=1S/C18H23N3O3S.ClH/c1-4-21(5-2)17-10-6-16(7-11-17)20-25(23,24)18-12-8-15(9-13-18)19-14(3)22;/h6-13,20H,4-5H2,1-3H3,(H,19,22);1H. The van der Waals surface area contributed by atoms with Crippen LogP contribution in [0.3, 0.4) is 0 Å². The lowest BCUT2D eigenvalue weighted by Gasteiger charge is -2.21. The molecule has 2 N–H and O–H groups in total. The van der Waals surface area contributed by atoms with Crippen molar-refractivity contribution in [2.75, 3.05) is 28.0 Å². The van der Waals surface area contributed by atoms with E-state index in [1.807, 2.05) is 12.1 Å². The highest BCUT2D eigenvalue weighted by Crippen LogP contribution is 2.21. The van der Waals surface area contributed by atoms with Gasteiger partial charge in [0.1, 0.15) is 0 Å². The molecule has 0 atom stereocenters. The first-order valence-corrected chi connectivity index (χ1v) is 9.59. The second-order valence-electron chi connectivity index (χ2n) is 5.53. The van der Waals surface area contributed by atoms with E-state index in [9.17, 15) is 13.2 Å². The van der Waals surface area contributed by atoms with Crippen molar-refractivity contribution in [2.45, 2.75) is 25.7 Å². The number of hydrogen-bond donors (Lipinski definition) is 2. The van der Waals surface area contributed by atoms with Crippen LogP contribution in [0.1, 0.15) is 20.8 Å². The van der Waals surface area contributed by atoms with E-state index in [1.54, 1.807) is 24.3 Å². The van der Waals surface area contributed by atoms with Gasteiger partial charge < -0.3 is 10.2 Å². The highest BCUT2D eigenvalue weighted by molar-refractivity contribution is 7.92. The quantitative estimate of drug-likeness (QED) is 0.746. The maximum absolute atomic E-state index is 12.5. The number of carbonyl (C=O) groups is 1. The van der Waals surface area contributed by atoms with Gasteiger partial charge in [-0.2, -0.15) is 0 Å². The summed E-state index contributed by atoms with van der Waals surface area (Å²) in [7, 11) is -3.68. The fourth-order valence-corrected chi connectivity index (χ4v) is 3.52. The topological polar surface area (TPSA) is 78.5 Å². The second kappa shape index (κ2) is 9.45. The molecule has 2 aromatic carbocycles. The van der Waals surface area contributed by atoms with Crippen LogP contribution in [-0.4, -0.2) is 27.4 Å². The van der Waals surface area contributed by atoms with Gasteiger partial charge in [0, 0.05) is 37.1 Å². The molecule has 0 unspecified atom stereocenters. The zero-order chi connectivity index (χ0) is 18.4. The van der Waals surface area contributed by atoms with Crippen LogP contribution in [0.25, 0.3) is 0 Å². The molecular weight excluding hydrogens is 374 g/mol. The molecule has 8 heteroatoms. The molecule has 1 amide bonds. The predicted molar refractivity (Wildman–Crippen MR) is 109 cm³/mol. The van der Waals surface area contributed by atoms with Gasteiger partial charge in [-0.1, -0.05) is 0 Å². The van der Waals surface area contributed by atoms with Gasteiger partial charge in [0.05, 0.1) is 4.90 Å². The summed E-state index contributed by atoms with van der Waals surface area (Å²) in [6, 6.07) is 13.3. The van der Waals surface area contributed by atoms with Crippen LogP contribution >= 0.6 is 12.4 Å². The summed E-state index contributed by atoms with van der Waals surface area (Å²) < 4.78 is 27.5. The van der Waals surface area contributed by atoms with Crippen molar-refractivity contribution in [2.24, 2.45) is 0 Å². The maximum Gasteiger partial charge on any atom is 0.261 e. The molecule has 26 heavy (non-hydrogen) atoms. The number of halogens is 1. The van der Waals surface area contributed by atoms with Gasteiger partial charge in [0.2, 0.25) is 5.91 Å². The number of sulfonamides is 1. The number of hydrogen-bond acceptors (Lipinski definition) is 4. The first-order valence-electron chi connectivity index (χ1n) is 8.11. The molecule has 0 saturated heterocycles. The van der Waals surface area contributed by atoms with Crippen molar-refractivity contribution in [1.29, 1.82) is 0 Å². The van der Waals surface area contributed by atoms with E-state index in [1.165, 1.54) is 19.1 Å². The second-order valence-corrected chi connectivity index (χ2v) is 7.21. The third kappa shape index (κ3) is 5.64. The summed E-state index contributed by atoms with van der Waals surface area (Å²) in [4.78, 5) is 13.3. The third-order valence-corrected chi connectivity index (χ3v) is 5.13. The lowest BCUT2D eigenvalue weighted by Crippen LogP contribution is -2.21. The maximum atomic E-state index is 12.5. The Hall–Kier alpha value is -2.25. The SMILES string of the molecule is CCN(CC)c1ccc(NS(=O)(=O)c2ccc(NC(C)=O)cc2)cc1.Cl. The van der Waals surface area contributed by atoms with Crippen LogP contribution < -0.4 is 14.9 Å². The van der Waals surface area contributed by atoms with E-state index in [0.717, 1.165) is 18.8 Å². The van der Waals surface area contributed by atoms with Gasteiger partial charge in [0.25, 0.3) is 10.0 Å². The Labute approximate surface area is 161 Å². The van der Waals surface area contributed by atoms with Gasteiger partial charge in [-0.3, -0.25) is 9.52 Å². The van der Waals surface area contributed by atoms with Crippen molar-refractivity contribution in [3.05, 3.63) is 48.5 Å². The molecule has 0 aliphatic carbocycles. The molecule has 142 valence electrons. The minimum atomic E-state index is -3.68. The lowest BCUT2D eigenvalue weighted by atomic mass is 10.2. The highest BCUT2D eigenvalue weighted by Gasteiger charge is 2.14. The zero-order valence-electron chi connectivity index (χ0n) is 15.0. The number of anilines is 3. The molecule has 0 aliphatic heterocycles.